The summed E-state index contributed by atoms with van der Waals surface area (Å²) >= 11 is 0. The molecule has 1 heterocycles. The first-order valence-corrected chi connectivity index (χ1v) is 17.7. The van der Waals surface area contributed by atoms with E-state index in [1.165, 1.54) is 28.9 Å². The molecule has 0 amide bonds. The number of hydrogen-bond acceptors (Lipinski definition) is 8. The van der Waals surface area contributed by atoms with E-state index in [0.29, 0.717) is 39.8 Å². The van der Waals surface area contributed by atoms with E-state index in [1.54, 1.807) is 67.6 Å². The van der Waals surface area contributed by atoms with Gasteiger partial charge in [0.25, 0.3) is 5.56 Å². The quantitative estimate of drug-likeness (QED) is 0.0528. The Kier molecular flexibility index (Phi) is 11.6. The van der Waals surface area contributed by atoms with Crippen molar-refractivity contribution in [1.82, 2.24) is 9.78 Å². The van der Waals surface area contributed by atoms with Crippen LogP contribution in [0.1, 0.15) is 60.5 Å². The maximum absolute atomic E-state index is 13.4. The van der Waals surface area contributed by atoms with E-state index in [9.17, 15) is 29.7 Å². The van der Waals surface area contributed by atoms with Crippen LogP contribution in [0.15, 0.2) is 118 Å². The van der Waals surface area contributed by atoms with Crippen molar-refractivity contribution in [2.75, 3.05) is 5.73 Å². The van der Waals surface area contributed by atoms with Crippen LogP contribution in [0.2, 0.25) is 0 Å². The van der Waals surface area contributed by atoms with E-state index in [0.717, 1.165) is 12.1 Å². The first-order valence-electron chi connectivity index (χ1n) is 17.7. The van der Waals surface area contributed by atoms with Gasteiger partial charge < -0.3 is 26.2 Å². The number of azo groups is 1. The van der Waals surface area contributed by atoms with Crippen molar-refractivity contribution in [2.45, 2.75) is 41.0 Å². The van der Waals surface area contributed by atoms with Crippen LogP contribution in [0.4, 0.5) is 17.1 Å². The lowest BCUT2D eigenvalue weighted by Gasteiger charge is -2.31. The number of H-pyrrole nitrogens is 1. The molecule has 1 aromatic heterocycles. The lowest BCUT2D eigenvalue weighted by molar-refractivity contribution is 0.0686. The van der Waals surface area contributed by atoms with Crippen LogP contribution in [-0.2, 0) is 0 Å². The zero-order valence-electron chi connectivity index (χ0n) is 31.5. The van der Waals surface area contributed by atoms with Crippen LogP contribution in [0, 0.1) is 29.6 Å². The number of rotatable bonds is 7. The summed E-state index contributed by atoms with van der Waals surface area (Å²) < 4.78 is 1.51. The second-order valence-corrected chi connectivity index (χ2v) is 15.3. The Balaban J connectivity index is 0.000000279. The van der Waals surface area contributed by atoms with E-state index in [4.69, 9.17) is 10.8 Å². The number of phenols is 2. The molecule has 2 aliphatic rings. The number of hydrogen-bond donors (Lipinski definition) is 6. The first-order chi connectivity index (χ1) is 26.0. The largest absolute Gasteiger partial charge is 0.505 e. The van der Waals surface area contributed by atoms with Crippen molar-refractivity contribution >= 4 is 51.7 Å². The summed E-state index contributed by atoms with van der Waals surface area (Å²) in [6.45, 7) is 10.9. The predicted octanol–water partition coefficient (Wildman–Crippen LogP) is 9.99. The van der Waals surface area contributed by atoms with Crippen molar-refractivity contribution in [2.24, 2.45) is 32.9 Å². The minimum atomic E-state index is -1.06. The number of allylic oxidation sites excluding steroid dienone is 4. The van der Waals surface area contributed by atoms with Gasteiger partial charge in [0, 0.05) is 11.1 Å². The number of carboxylic acids is 2. The average Bonchev–Trinajstić information content (AvgIpc) is 3.54. The van der Waals surface area contributed by atoms with E-state index in [-0.39, 0.29) is 73.1 Å². The normalized spacial score (nSPS) is 17.6. The first kappa shape index (κ1) is 41.0. The Hall–Kier alpha value is -6.21. The van der Waals surface area contributed by atoms with Crippen LogP contribution >= 0.6 is 17.0 Å². The summed E-state index contributed by atoms with van der Waals surface area (Å²) in [4.78, 5) is 35.6. The van der Waals surface area contributed by atoms with Crippen molar-refractivity contribution in [3.05, 3.63) is 130 Å². The standard InChI is InChI=1S/C30H32N4O4.C13H11NO3.BrH/c1-17-25(27(36)34(33-17)20-12-13-22-23(15-20)30(4,5)16-29(22,2)3)32-31-24-11-7-10-21(26(24)35)18-8-6-9-19(14-18)28(37)38;14-11-6-2-5-10(12(11)15)8-3-1-4-9(7-8)13(16)17;/h6-15,22-23,33,35H,16H2,1-5H3,(H,37,38);1-7,15H,14H2,(H,16,17);1H. The molecule has 5 aromatic rings. The number of aromatic hydroxyl groups is 2. The van der Waals surface area contributed by atoms with Crippen LogP contribution < -0.4 is 11.3 Å². The molecular weight excluding hydrogens is 778 g/mol. The molecule has 7 rings (SSSR count). The number of anilines is 1. The molecule has 7 N–H and O–H groups in total. The number of aromatic nitrogens is 2. The van der Waals surface area contributed by atoms with E-state index in [2.05, 4.69) is 55.2 Å². The SMILES string of the molecule is Br.Cc1[nH]n(C2=CC3C(C=C2)C(C)(C)CC3(C)C)c(=O)c1N=Nc1cccc(-c2cccc(C(=O)O)c2)c1O.Nc1cccc(-c2cccc(C(=O)O)c2)c1O. The summed E-state index contributed by atoms with van der Waals surface area (Å²) in [6, 6.07) is 22.6. The molecule has 0 radical (unpaired) electrons. The van der Waals surface area contributed by atoms with Gasteiger partial charge in [-0.1, -0.05) is 88.4 Å². The number of nitrogen functional groups attached to an aromatic ring is 1. The smallest absolute Gasteiger partial charge is 0.335 e. The van der Waals surface area contributed by atoms with Crippen LogP contribution in [0.25, 0.3) is 28.0 Å². The van der Waals surface area contributed by atoms with Crippen LogP contribution in [0.3, 0.4) is 0 Å². The maximum Gasteiger partial charge on any atom is 0.335 e. The number of nitrogens with one attached hydrogen (secondary N) is 1. The third-order valence-corrected chi connectivity index (χ3v) is 10.4. The van der Waals surface area contributed by atoms with Crippen molar-refractivity contribution in [3.63, 3.8) is 0 Å². The highest BCUT2D eigenvalue weighted by atomic mass is 79.9. The van der Waals surface area contributed by atoms with E-state index in [1.807, 2.05) is 6.08 Å². The summed E-state index contributed by atoms with van der Waals surface area (Å²) in [5, 5.41) is 50.4. The van der Waals surface area contributed by atoms with Crippen LogP contribution in [-0.4, -0.2) is 42.1 Å². The second-order valence-electron chi connectivity index (χ2n) is 15.3. The summed E-state index contributed by atoms with van der Waals surface area (Å²) in [6.07, 6.45) is 7.52. The van der Waals surface area contributed by atoms with Gasteiger partial charge in [-0.05, 0) is 89.6 Å². The number of aryl methyl sites for hydroxylation is 1. The molecule has 56 heavy (non-hydrogen) atoms. The van der Waals surface area contributed by atoms with E-state index < -0.39 is 11.9 Å². The van der Waals surface area contributed by atoms with Crippen LogP contribution in [0.5, 0.6) is 11.5 Å². The monoisotopic (exact) mass is 821 g/mol. The third kappa shape index (κ3) is 8.08. The molecule has 0 aliphatic heterocycles. The van der Waals surface area contributed by atoms with Crippen molar-refractivity contribution < 1.29 is 30.0 Å². The van der Waals surface area contributed by atoms with Gasteiger partial charge in [-0.25, -0.2) is 14.3 Å². The van der Waals surface area contributed by atoms with Crippen molar-refractivity contribution in [3.8, 4) is 33.8 Å². The summed E-state index contributed by atoms with van der Waals surface area (Å²) in [5.41, 5.74) is 9.89. The number of nitrogens with zero attached hydrogens (tertiary/aromatic N) is 3. The van der Waals surface area contributed by atoms with Crippen molar-refractivity contribution in [1.29, 1.82) is 0 Å². The Morgan fingerprint density at radius 2 is 1.32 bits per heavy atom. The van der Waals surface area contributed by atoms with Gasteiger partial charge in [-0.2, -0.15) is 0 Å². The number of nitrogens with two attached hydrogens (primary N) is 1. The number of benzene rings is 4. The van der Waals surface area contributed by atoms with Gasteiger partial charge in [0.1, 0.15) is 11.4 Å². The number of carboxylic acid groups (broad SMARTS) is 2. The van der Waals surface area contributed by atoms with Gasteiger partial charge >= 0.3 is 11.9 Å². The number of phenolic OH excluding ortho intramolecular Hbond substituents is 2. The highest BCUT2D eigenvalue weighted by molar-refractivity contribution is 8.93. The molecule has 0 bridgehead atoms. The molecule has 2 atom stereocenters. The molecule has 4 aromatic carbocycles. The summed E-state index contributed by atoms with van der Waals surface area (Å²) in [5.74, 6) is -1.51. The molecule has 1 fully saturated rings. The summed E-state index contributed by atoms with van der Waals surface area (Å²) in [7, 11) is 0. The highest BCUT2D eigenvalue weighted by Crippen LogP contribution is 2.59. The molecule has 13 heteroatoms. The van der Waals surface area contributed by atoms with Gasteiger partial charge in [0.2, 0.25) is 0 Å². The highest BCUT2D eigenvalue weighted by Gasteiger charge is 2.51. The maximum atomic E-state index is 13.4. The number of fused-ring (bicyclic) bond motifs is 1. The molecule has 290 valence electrons. The molecule has 12 nitrogen and oxygen atoms in total. The minimum absolute atomic E-state index is 0. The molecule has 0 spiro atoms. The van der Waals surface area contributed by atoms with Gasteiger partial charge in [0.15, 0.2) is 11.4 Å². The minimum Gasteiger partial charge on any atom is -0.505 e. The molecular formula is C43H44BrN5O7. The molecule has 2 aliphatic carbocycles. The Morgan fingerprint density at radius 1 is 0.786 bits per heavy atom. The number of aromatic carboxylic acids is 2. The lowest BCUT2D eigenvalue weighted by Crippen LogP contribution is -2.26. The lowest BCUT2D eigenvalue weighted by atomic mass is 9.74. The fourth-order valence-corrected chi connectivity index (χ4v) is 7.90. The van der Waals surface area contributed by atoms with Gasteiger partial charge in [-0.15, -0.1) is 27.2 Å². The third-order valence-electron chi connectivity index (χ3n) is 10.4. The topological polar surface area (TPSA) is 204 Å². The second kappa shape index (κ2) is 15.9. The molecule has 0 saturated heterocycles. The Morgan fingerprint density at radius 3 is 1.91 bits per heavy atom. The number of halogens is 1. The van der Waals surface area contributed by atoms with E-state index >= 15 is 0 Å². The molecule has 2 unspecified atom stereocenters. The predicted molar refractivity (Wildman–Crippen MR) is 222 cm³/mol. The fourth-order valence-electron chi connectivity index (χ4n) is 7.90. The zero-order chi connectivity index (χ0) is 39.8. The zero-order valence-corrected chi connectivity index (χ0v) is 33.2. The fraction of sp³-hybridized carbons (Fsp3) is 0.233. The van der Waals surface area contributed by atoms with Gasteiger partial charge in [0.05, 0.1) is 28.2 Å². The number of aromatic amines is 1. The van der Waals surface area contributed by atoms with Gasteiger partial charge in [-0.3, -0.25) is 9.89 Å². The number of para-hydroxylation sites is 2. The average molecular weight is 823 g/mol. The Bertz CT molecular complexity index is 2480. The number of carbonyl (C=O) groups is 2. The Labute approximate surface area is 334 Å². The molecule has 1 saturated carbocycles.